The number of hydrazone groups is 1. The average Bonchev–Trinajstić information content (AvgIpc) is 2.87. The summed E-state index contributed by atoms with van der Waals surface area (Å²) in [5, 5.41) is 4.74. The summed E-state index contributed by atoms with van der Waals surface area (Å²) in [6, 6.07) is 16.1. The molecular weight excluding hydrogens is 548 g/mol. The van der Waals surface area contributed by atoms with Crippen molar-refractivity contribution in [3.8, 4) is 23.0 Å². The number of ether oxygens (including phenoxy) is 4. The maximum atomic E-state index is 12.6. The molecule has 0 unspecified atom stereocenters. The van der Waals surface area contributed by atoms with Crippen LogP contribution in [0.5, 0.6) is 23.0 Å². The van der Waals surface area contributed by atoms with Gasteiger partial charge in [-0.1, -0.05) is 30.7 Å². The number of benzene rings is 3. The van der Waals surface area contributed by atoms with Crippen LogP contribution in [0.25, 0.3) is 0 Å². The Morgan fingerprint density at radius 3 is 2.58 bits per heavy atom. The minimum atomic E-state index is -0.378. The first-order chi connectivity index (χ1) is 17.4. The molecule has 0 aliphatic heterocycles. The fraction of sp³-hybridized carbons (Fsp3) is 0.259. The highest BCUT2D eigenvalue weighted by Crippen LogP contribution is 2.37. The number of halogens is 2. The number of amides is 1. The van der Waals surface area contributed by atoms with Gasteiger partial charge in [-0.2, -0.15) is 5.10 Å². The van der Waals surface area contributed by atoms with Gasteiger partial charge >= 0.3 is 0 Å². The van der Waals surface area contributed by atoms with E-state index in [-0.39, 0.29) is 5.91 Å². The van der Waals surface area contributed by atoms with Crippen molar-refractivity contribution < 1.29 is 23.7 Å². The third-order valence-corrected chi connectivity index (χ3v) is 5.70. The summed E-state index contributed by atoms with van der Waals surface area (Å²) in [6.45, 7) is 5.26. The number of nitrogens with zero attached hydrogens (tertiary/aromatic N) is 1. The zero-order valence-electron chi connectivity index (χ0n) is 20.3. The van der Waals surface area contributed by atoms with Crippen molar-refractivity contribution >= 4 is 39.7 Å². The predicted molar refractivity (Wildman–Crippen MR) is 145 cm³/mol. The van der Waals surface area contributed by atoms with Crippen LogP contribution in [0.15, 0.2) is 64.2 Å². The lowest BCUT2D eigenvalue weighted by Crippen LogP contribution is -2.17. The molecule has 3 rings (SSSR count). The van der Waals surface area contributed by atoms with Crippen LogP contribution in [-0.2, 0) is 6.61 Å². The molecule has 9 heteroatoms. The second kappa shape index (κ2) is 13.8. The van der Waals surface area contributed by atoms with E-state index in [4.69, 9.17) is 30.5 Å². The van der Waals surface area contributed by atoms with E-state index in [9.17, 15) is 4.79 Å². The lowest BCUT2D eigenvalue weighted by Gasteiger charge is -2.15. The van der Waals surface area contributed by atoms with E-state index >= 15 is 0 Å². The molecule has 0 aliphatic carbocycles. The molecule has 0 spiro atoms. The van der Waals surface area contributed by atoms with Crippen LogP contribution in [0.1, 0.15) is 41.8 Å². The van der Waals surface area contributed by atoms with Crippen molar-refractivity contribution in [1.82, 2.24) is 5.43 Å². The Morgan fingerprint density at radius 2 is 1.86 bits per heavy atom. The summed E-state index contributed by atoms with van der Waals surface area (Å²) < 4.78 is 23.4. The fourth-order valence-electron chi connectivity index (χ4n) is 3.22. The van der Waals surface area contributed by atoms with E-state index in [1.807, 2.05) is 44.2 Å². The molecule has 0 aromatic heterocycles. The van der Waals surface area contributed by atoms with Gasteiger partial charge in [0, 0.05) is 10.6 Å². The Labute approximate surface area is 224 Å². The van der Waals surface area contributed by atoms with Crippen LogP contribution in [0, 0.1) is 0 Å². The van der Waals surface area contributed by atoms with Gasteiger partial charge in [0.25, 0.3) is 5.91 Å². The molecule has 36 heavy (non-hydrogen) atoms. The van der Waals surface area contributed by atoms with Crippen molar-refractivity contribution in [2.24, 2.45) is 5.10 Å². The third kappa shape index (κ3) is 7.63. The highest BCUT2D eigenvalue weighted by atomic mass is 79.9. The number of carbonyl (C=O) groups is 1. The number of methoxy groups -OCH3 is 1. The predicted octanol–water partition coefficient (Wildman–Crippen LogP) is 6.64. The molecule has 7 nitrogen and oxygen atoms in total. The Bertz CT molecular complexity index is 1220. The zero-order valence-corrected chi connectivity index (χ0v) is 22.7. The Morgan fingerprint density at radius 1 is 1.03 bits per heavy atom. The fourth-order valence-corrected chi connectivity index (χ4v) is 4.00. The molecule has 0 atom stereocenters. The summed E-state index contributed by atoms with van der Waals surface area (Å²) in [5.41, 5.74) is 4.58. The van der Waals surface area contributed by atoms with Crippen LogP contribution in [0.2, 0.25) is 5.02 Å². The van der Waals surface area contributed by atoms with E-state index in [2.05, 4.69) is 26.5 Å². The van der Waals surface area contributed by atoms with Crippen molar-refractivity contribution in [2.45, 2.75) is 26.9 Å². The molecule has 0 radical (unpaired) electrons. The third-order valence-electron chi connectivity index (χ3n) is 4.87. The van der Waals surface area contributed by atoms with Crippen LogP contribution in [0.3, 0.4) is 0 Å². The SMILES string of the molecule is CCCOc1ccc(C(=O)N/N=C/c2cc(Br)c(OCc3cccc(Cl)c3)c(OCC)c2)cc1OC. The summed E-state index contributed by atoms with van der Waals surface area (Å²) in [7, 11) is 1.53. The van der Waals surface area contributed by atoms with E-state index in [0.717, 1.165) is 12.0 Å². The maximum absolute atomic E-state index is 12.6. The highest BCUT2D eigenvalue weighted by molar-refractivity contribution is 9.10. The summed E-state index contributed by atoms with van der Waals surface area (Å²) in [4.78, 5) is 12.6. The summed E-state index contributed by atoms with van der Waals surface area (Å²) >= 11 is 9.61. The first-order valence-electron chi connectivity index (χ1n) is 11.4. The Balaban J connectivity index is 1.70. The van der Waals surface area contributed by atoms with Crippen LogP contribution < -0.4 is 24.4 Å². The van der Waals surface area contributed by atoms with Crippen molar-refractivity contribution in [1.29, 1.82) is 0 Å². The van der Waals surface area contributed by atoms with Gasteiger partial charge in [-0.3, -0.25) is 4.79 Å². The molecule has 0 aliphatic rings. The minimum Gasteiger partial charge on any atom is -0.493 e. The monoisotopic (exact) mass is 574 g/mol. The maximum Gasteiger partial charge on any atom is 0.271 e. The van der Waals surface area contributed by atoms with E-state index in [1.54, 1.807) is 24.3 Å². The van der Waals surface area contributed by atoms with Crippen molar-refractivity contribution in [3.63, 3.8) is 0 Å². The second-order valence-corrected chi connectivity index (χ2v) is 8.89. The quantitative estimate of drug-likeness (QED) is 0.193. The van der Waals surface area contributed by atoms with Gasteiger partial charge in [-0.15, -0.1) is 0 Å². The van der Waals surface area contributed by atoms with Gasteiger partial charge in [0.2, 0.25) is 0 Å². The lowest BCUT2D eigenvalue weighted by atomic mass is 10.2. The largest absolute Gasteiger partial charge is 0.493 e. The molecule has 0 saturated heterocycles. The Kier molecular flexibility index (Phi) is 10.5. The topological polar surface area (TPSA) is 78.4 Å². The zero-order chi connectivity index (χ0) is 25.9. The molecule has 3 aromatic rings. The highest BCUT2D eigenvalue weighted by Gasteiger charge is 2.13. The van der Waals surface area contributed by atoms with Crippen LogP contribution >= 0.6 is 27.5 Å². The van der Waals surface area contributed by atoms with Crippen LogP contribution in [0.4, 0.5) is 0 Å². The lowest BCUT2D eigenvalue weighted by molar-refractivity contribution is 0.0954. The number of hydrogen-bond donors (Lipinski definition) is 1. The summed E-state index contributed by atoms with van der Waals surface area (Å²) in [6.07, 6.45) is 2.40. The van der Waals surface area contributed by atoms with Gasteiger partial charge in [0.1, 0.15) is 6.61 Å². The Hall–Kier alpha value is -3.23. The van der Waals surface area contributed by atoms with Gasteiger partial charge < -0.3 is 18.9 Å². The smallest absolute Gasteiger partial charge is 0.271 e. The molecule has 1 N–H and O–H groups in total. The number of nitrogens with one attached hydrogen (secondary N) is 1. The number of hydrogen-bond acceptors (Lipinski definition) is 6. The molecule has 0 bridgehead atoms. The summed E-state index contributed by atoms with van der Waals surface area (Å²) in [5.74, 6) is 1.81. The molecule has 3 aromatic carbocycles. The van der Waals surface area contributed by atoms with Crippen molar-refractivity contribution in [3.05, 3.63) is 80.8 Å². The second-order valence-electron chi connectivity index (χ2n) is 7.59. The molecule has 1 amide bonds. The van der Waals surface area contributed by atoms with Gasteiger partial charge in [-0.25, -0.2) is 5.43 Å². The molecule has 0 fully saturated rings. The number of carbonyl (C=O) groups excluding carboxylic acids is 1. The first-order valence-corrected chi connectivity index (χ1v) is 12.6. The molecule has 190 valence electrons. The van der Waals surface area contributed by atoms with E-state index in [0.29, 0.717) is 63.4 Å². The van der Waals surface area contributed by atoms with E-state index < -0.39 is 0 Å². The van der Waals surface area contributed by atoms with Gasteiger partial charge in [0.05, 0.1) is 31.0 Å². The molecular formula is C27H28BrClN2O5. The van der Waals surface area contributed by atoms with Crippen molar-refractivity contribution in [2.75, 3.05) is 20.3 Å². The molecule has 0 saturated carbocycles. The molecule has 0 heterocycles. The van der Waals surface area contributed by atoms with Crippen LogP contribution in [-0.4, -0.2) is 32.4 Å². The minimum absolute atomic E-state index is 0.328. The standard InChI is InChI=1S/C27H28BrClN2O5/c1-4-11-35-23-10-9-20(15-24(23)33-3)27(32)31-30-16-19-13-22(28)26(25(14-19)34-5-2)36-17-18-7-6-8-21(29)12-18/h6-10,12-16H,4-5,11,17H2,1-3H3,(H,31,32)/b30-16+. The van der Waals surface area contributed by atoms with E-state index in [1.165, 1.54) is 13.3 Å². The normalized spacial score (nSPS) is 10.8. The first kappa shape index (κ1) is 27.4. The van der Waals surface area contributed by atoms with Gasteiger partial charge in [-0.05, 0) is 82.9 Å². The number of rotatable bonds is 12. The van der Waals surface area contributed by atoms with Gasteiger partial charge in [0.15, 0.2) is 23.0 Å². The average molecular weight is 576 g/mol.